The van der Waals surface area contributed by atoms with Gasteiger partial charge in [-0.15, -0.1) is 15.3 Å². The van der Waals surface area contributed by atoms with Crippen molar-refractivity contribution in [1.29, 1.82) is 0 Å². The second kappa shape index (κ2) is 10.1. The van der Waals surface area contributed by atoms with E-state index in [-0.39, 0.29) is 19.1 Å². The molecule has 5 rings (SSSR count). The first-order valence-electron chi connectivity index (χ1n) is 11.1. The lowest BCUT2D eigenvalue weighted by Crippen LogP contribution is -2.32. The van der Waals surface area contributed by atoms with Crippen molar-refractivity contribution >= 4 is 22.3 Å². The molecule has 0 bridgehead atoms. The number of hydrogen-bond acceptors (Lipinski definition) is 7. The van der Waals surface area contributed by atoms with Gasteiger partial charge in [0.25, 0.3) is 5.91 Å². The van der Waals surface area contributed by atoms with Gasteiger partial charge in [-0.3, -0.25) is 4.79 Å². The fourth-order valence-electron chi connectivity index (χ4n) is 3.57. The molecule has 0 aliphatic rings. The second-order valence-corrected chi connectivity index (χ2v) is 7.69. The van der Waals surface area contributed by atoms with Crippen LogP contribution in [0.4, 0.5) is 0 Å². The molecule has 0 fully saturated rings. The minimum absolute atomic E-state index is 0.0749. The van der Waals surface area contributed by atoms with Gasteiger partial charge >= 0.3 is 0 Å². The highest BCUT2D eigenvalue weighted by Gasteiger charge is 2.11. The summed E-state index contributed by atoms with van der Waals surface area (Å²) < 4.78 is 18.1. The first kappa shape index (κ1) is 22.1. The van der Waals surface area contributed by atoms with Crippen LogP contribution in [0.5, 0.6) is 17.4 Å². The van der Waals surface area contributed by atoms with E-state index in [1.54, 1.807) is 23.8 Å². The number of hydrogen-bond donors (Lipinski definition) is 1. The molecule has 0 saturated carbocycles. The number of amides is 1. The van der Waals surface area contributed by atoms with Gasteiger partial charge in [0.05, 0.1) is 13.7 Å². The summed E-state index contributed by atoms with van der Waals surface area (Å²) in [6, 6.07) is 24.7. The lowest BCUT2D eigenvalue weighted by Gasteiger charge is -2.09. The highest BCUT2D eigenvalue weighted by Crippen LogP contribution is 2.22. The Hall–Kier alpha value is -4.66. The molecule has 0 atom stereocenters. The van der Waals surface area contributed by atoms with E-state index in [4.69, 9.17) is 14.2 Å². The smallest absolute Gasteiger partial charge is 0.258 e. The summed E-state index contributed by atoms with van der Waals surface area (Å²) in [6.07, 6.45) is 0. The summed E-state index contributed by atoms with van der Waals surface area (Å²) in [5, 5.41) is 17.8. The number of nitrogens with one attached hydrogen (secondary N) is 1. The molecule has 3 aromatic carbocycles. The maximum atomic E-state index is 12.1. The first-order chi connectivity index (χ1) is 17.2. The Balaban J connectivity index is 1.13. The van der Waals surface area contributed by atoms with Crippen molar-refractivity contribution in [3.05, 3.63) is 78.9 Å². The molecule has 0 unspecified atom stereocenters. The summed E-state index contributed by atoms with van der Waals surface area (Å²) in [6.45, 7) is 0.488. The maximum Gasteiger partial charge on any atom is 0.258 e. The fourth-order valence-corrected chi connectivity index (χ4v) is 3.57. The van der Waals surface area contributed by atoms with E-state index in [0.717, 1.165) is 22.1 Å². The molecule has 5 aromatic rings. The van der Waals surface area contributed by atoms with E-state index >= 15 is 0 Å². The molecular weight excluding hydrogens is 446 g/mol. The Morgan fingerprint density at radius 3 is 2.51 bits per heavy atom. The second-order valence-electron chi connectivity index (χ2n) is 7.69. The fraction of sp³-hybridized carbons (Fsp3) is 0.154. The van der Waals surface area contributed by atoms with Crippen molar-refractivity contribution in [2.75, 3.05) is 26.9 Å². The number of nitrogens with zero attached hydrogens (tertiary/aromatic N) is 4. The zero-order valence-corrected chi connectivity index (χ0v) is 19.0. The average Bonchev–Trinajstić information content (AvgIpc) is 3.33. The van der Waals surface area contributed by atoms with Crippen LogP contribution in [0.2, 0.25) is 0 Å². The number of benzene rings is 3. The molecule has 9 heteroatoms. The number of aromatic nitrogens is 4. The molecule has 2 aromatic heterocycles. The number of carbonyl (C=O) groups excluding carboxylic acids is 1. The molecule has 9 nitrogen and oxygen atoms in total. The number of ether oxygens (including phenoxy) is 3. The third kappa shape index (κ3) is 5.14. The average molecular weight is 470 g/mol. The molecule has 0 aliphatic carbocycles. The highest BCUT2D eigenvalue weighted by atomic mass is 16.5. The summed E-state index contributed by atoms with van der Waals surface area (Å²) >= 11 is 0. The van der Waals surface area contributed by atoms with Crippen molar-refractivity contribution in [2.45, 2.75) is 0 Å². The molecule has 2 heterocycles. The van der Waals surface area contributed by atoms with Crippen LogP contribution in [0.25, 0.3) is 27.8 Å². The lowest BCUT2D eigenvalue weighted by molar-refractivity contribution is -0.123. The van der Waals surface area contributed by atoms with Gasteiger partial charge < -0.3 is 19.5 Å². The molecular formula is C26H23N5O4. The Morgan fingerprint density at radius 1 is 0.886 bits per heavy atom. The van der Waals surface area contributed by atoms with Crippen LogP contribution >= 0.6 is 0 Å². The number of rotatable bonds is 9. The van der Waals surface area contributed by atoms with Crippen molar-refractivity contribution in [3.63, 3.8) is 0 Å². The van der Waals surface area contributed by atoms with Gasteiger partial charge in [0.2, 0.25) is 5.88 Å². The van der Waals surface area contributed by atoms with E-state index in [1.165, 1.54) is 0 Å². The van der Waals surface area contributed by atoms with Gasteiger partial charge in [-0.25, -0.2) is 0 Å². The van der Waals surface area contributed by atoms with Crippen molar-refractivity contribution in [1.82, 2.24) is 25.1 Å². The Bertz CT molecular complexity index is 1470. The minimum atomic E-state index is -0.231. The SMILES string of the molecule is COc1ccc(-c2nnc3ccc(OCCNC(=O)COc4ccc5ccccc5c4)nn23)cc1. The standard InChI is InChI=1S/C26H23N5O4/c1-33-21-9-7-19(8-10-21)26-29-28-23-12-13-25(30-31(23)26)34-15-14-27-24(32)17-35-22-11-6-18-4-2-3-5-20(18)16-22/h2-13,16H,14-15,17H2,1H3,(H,27,32). The van der Waals surface area contributed by atoms with Crippen molar-refractivity contribution in [2.24, 2.45) is 0 Å². The third-order valence-corrected chi connectivity index (χ3v) is 5.35. The van der Waals surface area contributed by atoms with Gasteiger partial charge in [-0.2, -0.15) is 4.52 Å². The van der Waals surface area contributed by atoms with Crippen molar-refractivity contribution in [3.8, 4) is 28.8 Å². The van der Waals surface area contributed by atoms with Gasteiger partial charge in [0.1, 0.15) is 18.1 Å². The predicted octanol–water partition coefficient (Wildman–Crippen LogP) is 3.53. The summed E-state index contributed by atoms with van der Waals surface area (Å²) in [5.41, 5.74) is 1.45. The molecule has 0 radical (unpaired) electrons. The van der Waals surface area contributed by atoms with Crippen LogP contribution in [-0.4, -0.2) is 52.6 Å². The van der Waals surface area contributed by atoms with Gasteiger partial charge in [-0.1, -0.05) is 30.3 Å². The highest BCUT2D eigenvalue weighted by molar-refractivity contribution is 5.84. The predicted molar refractivity (Wildman–Crippen MR) is 131 cm³/mol. The molecule has 35 heavy (non-hydrogen) atoms. The van der Waals surface area contributed by atoms with E-state index in [9.17, 15) is 4.79 Å². The van der Waals surface area contributed by atoms with Gasteiger partial charge in [0, 0.05) is 11.6 Å². The topological polar surface area (TPSA) is 99.9 Å². The van der Waals surface area contributed by atoms with Crippen LogP contribution in [0.1, 0.15) is 0 Å². The van der Waals surface area contributed by atoms with E-state index in [2.05, 4.69) is 20.6 Å². The van der Waals surface area contributed by atoms with Crippen LogP contribution in [0.3, 0.4) is 0 Å². The largest absolute Gasteiger partial charge is 0.497 e. The molecule has 0 aliphatic heterocycles. The van der Waals surface area contributed by atoms with Crippen molar-refractivity contribution < 1.29 is 19.0 Å². The maximum absolute atomic E-state index is 12.1. The Kier molecular flexibility index (Phi) is 6.38. The van der Waals surface area contributed by atoms with E-state index in [1.807, 2.05) is 66.7 Å². The summed E-state index contributed by atoms with van der Waals surface area (Å²) in [5.74, 6) is 2.16. The summed E-state index contributed by atoms with van der Waals surface area (Å²) in [4.78, 5) is 12.1. The zero-order valence-electron chi connectivity index (χ0n) is 19.0. The van der Waals surface area contributed by atoms with Crippen LogP contribution in [0.15, 0.2) is 78.9 Å². The molecule has 0 saturated heterocycles. The third-order valence-electron chi connectivity index (χ3n) is 5.35. The number of fused-ring (bicyclic) bond motifs is 2. The lowest BCUT2D eigenvalue weighted by atomic mass is 10.1. The quantitative estimate of drug-likeness (QED) is 0.330. The van der Waals surface area contributed by atoms with Crippen LogP contribution in [-0.2, 0) is 4.79 Å². The van der Waals surface area contributed by atoms with Crippen LogP contribution < -0.4 is 19.5 Å². The van der Waals surface area contributed by atoms with E-state index < -0.39 is 0 Å². The Labute approximate surface area is 201 Å². The Morgan fingerprint density at radius 2 is 1.69 bits per heavy atom. The molecule has 0 spiro atoms. The number of methoxy groups -OCH3 is 1. The molecule has 1 N–H and O–H groups in total. The normalized spacial score (nSPS) is 10.9. The molecule has 1 amide bonds. The first-order valence-corrected chi connectivity index (χ1v) is 11.1. The minimum Gasteiger partial charge on any atom is -0.497 e. The van der Waals surface area contributed by atoms with Gasteiger partial charge in [0.15, 0.2) is 18.1 Å². The zero-order chi connectivity index (χ0) is 24.0. The number of carbonyl (C=O) groups is 1. The van der Waals surface area contributed by atoms with E-state index in [0.29, 0.717) is 29.6 Å². The molecule has 176 valence electrons. The van der Waals surface area contributed by atoms with Crippen LogP contribution in [0, 0.1) is 0 Å². The summed E-state index contributed by atoms with van der Waals surface area (Å²) in [7, 11) is 1.62. The van der Waals surface area contributed by atoms with Gasteiger partial charge in [-0.05, 0) is 53.2 Å². The monoisotopic (exact) mass is 469 g/mol.